The maximum Gasteiger partial charge on any atom is 0.251 e. The Labute approximate surface area is 126 Å². The predicted octanol–water partition coefficient (Wildman–Crippen LogP) is 1.37. The van der Waals surface area contributed by atoms with Crippen molar-refractivity contribution in [2.24, 2.45) is 0 Å². The predicted molar refractivity (Wildman–Crippen MR) is 79.5 cm³/mol. The first-order valence-corrected chi connectivity index (χ1v) is 7.67. The summed E-state index contributed by atoms with van der Waals surface area (Å²) in [4.78, 5) is 25.8. The molecule has 0 atom stereocenters. The second-order valence-electron chi connectivity index (χ2n) is 5.06. The number of halogens is 1. The fourth-order valence-electron chi connectivity index (χ4n) is 2.70. The number of hydrogen-bond donors (Lipinski definition) is 1. The molecule has 1 aromatic rings. The van der Waals surface area contributed by atoms with Gasteiger partial charge in [-0.3, -0.25) is 9.59 Å². The first kappa shape index (κ1) is 15.3. The average Bonchev–Trinajstić information content (AvgIpc) is 2.93. The fourth-order valence-corrected chi connectivity index (χ4v) is 3.08. The van der Waals surface area contributed by atoms with Crippen LogP contribution in [-0.4, -0.2) is 39.7 Å². The molecule has 1 aliphatic rings. The molecule has 1 aliphatic carbocycles. The smallest absolute Gasteiger partial charge is 0.251 e. The van der Waals surface area contributed by atoms with Crippen molar-refractivity contribution in [1.29, 1.82) is 0 Å². The Morgan fingerprint density at radius 1 is 1.40 bits per heavy atom. The number of hydrogen-bond acceptors (Lipinski definition) is 3. The highest BCUT2D eigenvalue weighted by molar-refractivity contribution is 9.10. The summed E-state index contributed by atoms with van der Waals surface area (Å²) in [5, 5.41) is 9.14. The standard InChI is InChI=1S/C14H19BrN2O3/c15-11-5-6-13(19)16(9-11)10-14(20)17(7-8-18)12-3-1-2-4-12/h5-6,9,12,18H,1-4,7-8,10H2. The van der Waals surface area contributed by atoms with Crippen LogP contribution in [-0.2, 0) is 11.3 Å². The van der Waals surface area contributed by atoms with Crippen LogP contribution >= 0.6 is 15.9 Å². The number of carbonyl (C=O) groups is 1. The summed E-state index contributed by atoms with van der Waals surface area (Å²) < 4.78 is 2.16. The van der Waals surface area contributed by atoms with Crippen LogP contribution in [0.2, 0.25) is 0 Å². The molecule has 0 spiro atoms. The minimum atomic E-state index is -0.197. The molecule has 1 aromatic heterocycles. The highest BCUT2D eigenvalue weighted by atomic mass is 79.9. The number of carbonyl (C=O) groups excluding carboxylic acids is 1. The maximum absolute atomic E-state index is 12.4. The zero-order valence-electron chi connectivity index (χ0n) is 11.3. The molecule has 6 heteroatoms. The molecule has 0 radical (unpaired) electrons. The van der Waals surface area contributed by atoms with Crippen LogP contribution in [0.25, 0.3) is 0 Å². The number of aliphatic hydroxyl groups excluding tert-OH is 1. The third-order valence-corrected chi connectivity index (χ3v) is 4.15. The van der Waals surface area contributed by atoms with Gasteiger partial charge in [0, 0.05) is 29.3 Å². The van der Waals surface area contributed by atoms with Crippen LogP contribution in [0.4, 0.5) is 0 Å². The van der Waals surface area contributed by atoms with E-state index < -0.39 is 0 Å². The number of amides is 1. The van der Waals surface area contributed by atoms with Crippen molar-refractivity contribution in [3.05, 3.63) is 33.2 Å². The average molecular weight is 343 g/mol. The quantitative estimate of drug-likeness (QED) is 0.879. The van der Waals surface area contributed by atoms with Crippen LogP contribution in [0, 0.1) is 0 Å². The van der Waals surface area contributed by atoms with Gasteiger partial charge in [-0.2, -0.15) is 0 Å². The monoisotopic (exact) mass is 342 g/mol. The van der Waals surface area contributed by atoms with Gasteiger partial charge in [0.2, 0.25) is 5.91 Å². The number of aliphatic hydroxyl groups is 1. The molecule has 2 rings (SSSR count). The van der Waals surface area contributed by atoms with Crippen molar-refractivity contribution < 1.29 is 9.90 Å². The largest absolute Gasteiger partial charge is 0.395 e. The van der Waals surface area contributed by atoms with Gasteiger partial charge in [0.05, 0.1) is 6.61 Å². The zero-order valence-corrected chi connectivity index (χ0v) is 12.9. The Kier molecular flexibility index (Phi) is 5.37. The molecule has 110 valence electrons. The van der Waals surface area contributed by atoms with Crippen LogP contribution in [0.5, 0.6) is 0 Å². The fraction of sp³-hybridized carbons (Fsp3) is 0.571. The van der Waals surface area contributed by atoms with E-state index in [4.69, 9.17) is 5.11 Å². The van der Waals surface area contributed by atoms with Crippen LogP contribution in [0.3, 0.4) is 0 Å². The van der Waals surface area contributed by atoms with Crippen molar-refractivity contribution >= 4 is 21.8 Å². The topological polar surface area (TPSA) is 62.5 Å². The van der Waals surface area contributed by atoms with Gasteiger partial charge in [-0.1, -0.05) is 12.8 Å². The lowest BCUT2D eigenvalue weighted by molar-refractivity contribution is -0.134. The van der Waals surface area contributed by atoms with Crippen molar-refractivity contribution in [3.8, 4) is 0 Å². The number of pyridine rings is 1. The molecule has 1 heterocycles. The molecule has 0 aromatic carbocycles. The molecule has 1 saturated carbocycles. The number of aromatic nitrogens is 1. The summed E-state index contributed by atoms with van der Waals surface area (Å²) >= 11 is 3.30. The van der Waals surface area contributed by atoms with Gasteiger partial charge in [0.15, 0.2) is 0 Å². The van der Waals surface area contributed by atoms with E-state index in [2.05, 4.69) is 15.9 Å². The lowest BCUT2D eigenvalue weighted by atomic mass is 10.2. The van der Waals surface area contributed by atoms with Gasteiger partial charge in [0.25, 0.3) is 5.56 Å². The molecule has 0 bridgehead atoms. The molecule has 1 fully saturated rings. The van der Waals surface area contributed by atoms with Crippen molar-refractivity contribution in [2.45, 2.75) is 38.3 Å². The first-order valence-electron chi connectivity index (χ1n) is 6.88. The molecular formula is C14H19BrN2O3. The number of nitrogens with zero attached hydrogens (tertiary/aromatic N) is 2. The summed E-state index contributed by atoms with van der Waals surface area (Å²) in [7, 11) is 0. The molecule has 20 heavy (non-hydrogen) atoms. The van der Waals surface area contributed by atoms with Crippen LogP contribution in [0.15, 0.2) is 27.6 Å². The van der Waals surface area contributed by atoms with E-state index in [9.17, 15) is 9.59 Å². The van der Waals surface area contributed by atoms with E-state index in [-0.39, 0.29) is 30.7 Å². The summed E-state index contributed by atoms with van der Waals surface area (Å²) in [5.41, 5.74) is -0.197. The minimum Gasteiger partial charge on any atom is -0.395 e. The molecule has 0 aliphatic heterocycles. The Morgan fingerprint density at radius 3 is 2.75 bits per heavy atom. The summed E-state index contributed by atoms with van der Waals surface area (Å²) in [6.07, 6.45) is 5.83. The maximum atomic E-state index is 12.4. The molecule has 0 saturated heterocycles. The van der Waals surface area contributed by atoms with Gasteiger partial charge in [-0.05, 0) is 34.8 Å². The van der Waals surface area contributed by atoms with E-state index in [0.29, 0.717) is 6.54 Å². The molecular weight excluding hydrogens is 324 g/mol. The Bertz CT molecular complexity index is 523. The molecule has 5 nitrogen and oxygen atoms in total. The van der Waals surface area contributed by atoms with Crippen LogP contribution < -0.4 is 5.56 Å². The third-order valence-electron chi connectivity index (χ3n) is 3.68. The Balaban J connectivity index is 2.11. The minimum absolute atomic E-state index is 0.0226. The molecule has 1 N–H and O–H groups in total. The highest BCUT2D eigenvalue weighted by Gasteiger charge is 2.26. The highest BCUT2D eigenvalue weighted by Crippen LogP contribution is 2.23. The van der Waals surface area contributed by atoms with Crippen LogP contribution in [0.1, 0.15) is 25.7 Å². The van der Waals surface area contributed by atoms with Gasteiger partial charge < -0.3 is 14.6 Å². The second kappa shape index (κ2) is 7.04. The summed E-state index contributed by atoms with van der Waals surface area (Å²) in [6, 6.07) is 3.30. The van der Waals surface area contributed by atoms with E-state index >= 15 is 0 Å². The lowest BCUT2D eigenvalue weighted by Gasteiger charge is -2.28. The van der Waals surface area contributed by atoms with Gasteiger partial charge >= 0.3 is 0 Å². The second-order valence-corrected chi connectivity index (χ2v) is 5.98. The van der Waals surface area contributed by atoms with Gasteiger partial charge in [-0.25, -0.2) is 0 Å². The summed E-state index contributed by atoms with van der Waals surface area (Å²) in [6.45, 7) is 0.316. The van der Waals surface area contributed by atoms with E-state index in [1.807, 2.05) is 0 Å². The van der Waals surface area contributed by atoms with E-state index in [1.54, 1.807) is 17.2 Å². The van der Waals surface area contributed by atoms with Crippen molar-refractivity contribution in [1.82, 2.24) is 9.47 Å². The molecule has 0 unspecified atom stereocenters. The van der Waals surface area contributed by atoms with Crippen molar-refractivity contribution in [3.63, 3.8) is 0 Å². The van der Waals surface area contributed by atoms with E-state index in [0.717, 1.165) is 30.2 Å². The van der Waals surface area contributed by atoms with Gasteiger partial charge in [-0.15, -0.1) is 0 Å². The first-order chi connectivity index (χ1) is 9.61. The Hall–Kier alpha value is -1.14. The molecule has 1 amide bonds. The SMILES string of the molecule is O=C(Cn1cc(Br)ccc1=O)N(CCO)C1CCCC1. The van der Waals surface area contributed by atoms with Gasteiger partial charge in [0.1, 0.15) is 6.54 Å². The normalized spacial score (nSPS) is 15.5. The summed E-state index contributed by atoms with van der Waals surface area (Å²) in [5.74, 6) is -0.105. The van der Waals surface area contributed by atoms with E-state index in [1.165, 1.54) is 10.6 Å². The Morgan fingerprint density at radius 2 is 2.10 bits per heavy atom. The van der Waals surface area contributed by atoms with Crippen molar-refractivity contribution in [2.75, 3.05) is 13.2 Å². The number of rotatable bonds is 5. The lowest BCUT2D eigenvalue weighted by Crippen LogP contribution is -2.43. The third kappa shape index (κ3) is 3.70. The zero-order chi connectivity index (χ0) is 14.5.